The van der Waals surface area contributed by atoms with Crippen molar-refractivity contribution in [1.29, 1.82) is 5.26 Å². The Morgan fingerprint density at radius 1 is 1.36 bits per heavy atom. The number of fused-ring (bicyclic) bond motifs is 1. The normalized spacial score (nSPS) is 10.8. The Balaban J connectivity index is 1.89. The Bertz CT molecular complexity index is 1050. The highest BCUT2D eigenvalue weighted by atomic mass is 16.5. The van der Waals surface area contributed by atoms with Crippen LogP contribution in [0.1, 0.15) is 44.9 Å². The molecule has 0 bridgehead atoms. The number of nitriles is 1. The lowest BCUT2D eigenvalue weighted by atomic mass is 10.0. The largest absolute Gasteiger partial charge is 0.385 e. The van der Waals surface area contributed by atoms with E-state index in [1.807, 2.05) is 32.0 Å². The number of benzene rings is 1. The number of nitrogens with one attached hydrogen (secondary N) is 1. The first kappa shape index (κ1) is 19.5. The number of nitrogens with zero attached hydrogens (tertiary/aromatic N) is 4. The maximum Gasteiger partial charge on any atom is 0.256 e. The van der Waals surface area contributed by atoms with Gasteiger partial charge in [0, 0.05) is 38.1 Å². The van der Waals surface area contributed by atoms with Crippen LogP contribution in [-0.2, 0) is 11.2 Å². The quantitative estimate of drug-likeness (QED) is 0.639. The third-order valence-corrected chi connectivity index (χ3v) is 4.70. The summed E-state index contributed by atoms with van der Waals surface area (Å²) < 4.78 is 6.70. The number of ether oxygens (including phenoxy) is 1. The van der Waals surface area contributed by atoms with Crippen LogP contribution in [-0.4, -0.2) is 40.8 Å². The van der Waals surface area contributed by atoms with E-state index in [-0.39, 0.29) is 5.91 Å². The van der Waals surface area contributed by atoms with Gasteiger partial charge in [-0.1, -0.05) is 12.1 Å². The Hall–Kier alpha value is -3.24. The molecule has 3 rings (SSSR count). The molecular weight excluding hydrogens is 354 g/mol. The van der Waals surface area contributed by atoms with E-state index >= 15 is 0 Å². The minimum absolute atomic E-state index is 0.188. The third-order valence-electron chi connectivity index (χ3n) is 4.70. The molecule has 0 radical (unpaired) electrons. The minimum atomic E-state index is -0.188. The van der Waals surface area contributed by atoms with E-state index in [1.165, 1.54) is 0 Å². The van der Waals surface area contributed by atoms with Gasteiger partial charge in [0.1, 0.15) is 5.56 Å². The summed E-state index contributed by atoms with van der Waals surface area (Å²) in [5, 5.41) is 16.4. The number of rotatable bonds is 7. The third kappa shape index (κ3) is 4.02. The van der Waals surface area contributed by atoms with Gasteiger partial charge in [-0.2, -0.15) is 10.4 Å². The molecule has 3 aromatic rings. The molecule has 2 aromatic heterocycles. The predicted octanol–water partition coefficient (Wildman–Crippen LogP) is 2.57. The van der Waals surface area contributed by atoms with Crippen molar-refractivity contribution in [2.24, 2.45) is 0 Å². The zero-order chi connectivity index (χ0) is 20.1. The summed E-state index contributed by atoms with van der Waals surface area (Å²) in [6, 6.07) is 9.71. The van der Waals surface area contributed by atoms with Crippen molar-refractivity contribution in [3.05, 3.63) is 64.1 Å². The topological polar surface area (TPSA) is 92.3 Å². The molecule has 1 N–H and O–H groups in total. The van der Waals surface area contributed by atoms with Crippen molar-refractivity contribution in [3.63, 3.8) is 0 Å². The van der Waals surface area contributed by atoms with Crippen LogP contribution in [0.25, 0.3) is 5.65 Å². The van der Waals surface area contributed by atoms with Crippen LogP contribution in [0, 0.1) is 25.2 Å². The highest BCUT2D eigenvalue weighted by Gasteiger charge is 2.18. The SMILES string of the molecule is COCCCNC(=O)c1cnn2c(C)c(Cc3cccc(C#N)c3)c(C)nc12. The molecule has 7 nitrogen and oxygen atoms in total. The van der Waals surface area contributed by atoms with Gasteiger partial charge in [-0.25, -0.2) is 9.50 Å². The highest BCUT2D eigenvalue weighted by Crippen LogP contribution is 2.20. The van der Waals surface area contributed by atoms with Crippen molar-refractivity contribution >= 4 is 11.6 Å². The maximum atomic E-state index is 12.5. The lowest BCUT2D eigenvalue weighted by molar-refractivity contribution is 0.0950. The van der Waals surface area contributed by atoms with Gasteiger partial charge in [0.2, 0.25) is 0 Å². The molecular formula is C21H23N5O2. The molecule has 0 fully saturated rings. The van der Waals surface area contributed by atoms with Gasteiger partial charge in [0.25, 0.3) is 5.91 Å². The molecule has 0 aliphatic heterocycles. The molecule has 2 heterocycles. The van der Waals surface area contributed by atoms with Crippen LogP contribution in [0.15, 0.2) is 30.5 Å². The number of carbonyl (C=O) groups is 1. The zero-order valence-corrected chi connectivity index (χ0v) is 16.3. The number of aromatic nitrogens is 3. The predicted molar refractivity (Wildman–Crippen MR) is 105 cm³/mol. The summed E-state index contributed by atoms with van der Waals surface area (Å²) in [6.45, 7) is 5.04. The zero-order valence-electron chi connectivity index (χ0n) is 16.3. The summed E-state index contributed by atoms with van der Waals surface area (Å²) in [6.07, 6.45) is 2.95. The maximum absolute atomic E-state index is 12.5. The van der Waals surface area contributed by atoms with Crippen LogP contribution in [0.5, 0.6) is 0 Å². The summed E-state index contributed by atoms with van der Waals surface area (Å²) in [7, 11) is 1.64. The highest BCUT2D eigenvalue weighted by molar-refractivity contribution is 5.99. The van der Waals surface area contributed by atoms with E-state index in [2.05, 4.69) is 21.5 Å². The first-order valence-electron chi connectivity index (χ1n) is 9.15. The fraction of sp³-hybridized carbons (Fsp3) is 0.333. The van der Waals surface area contributed by atoms with Crippen LogP contribution in [0.3, 0.4) is 0 Å². The van der Waals surface area contributed by atoms with E-state index in [1.54, 1.807) is 23.9 Å². The molecule has 144 valence electrons. The van der Waals surface area contributed by atoms with Crippen molar-refractivity contribution in [3.8, 4) is 6.07 Å². The Labute approximate surface area is 164 Å². The van der Waals surface area contributed by atoms with Crippen molar-refractivity contribution in [2.45, 2.75) is 26.7 Å². The van der Waals surface area contributed by atoms with Gasteiger partial charge in [0.05, 0.1) is 17.8 Å². The van der Waals surface area contributed by atoms with E-state index in [0.29, 0.717) is 36.3 Å². The molecule has 0 atom stereocenters. The van der Waals surface area contributed by atoms with Crippen LogP contribution < -0.4 is 5.32 Å². The van der Waals surface area contributed by atoms with Gasteiger partial charge < -0.3 is 10.1 Å². The second-order valence-corrected chi connectivity index (χ2v) is 6.65. The summed E-state index contributed by atoms with van der Waals surface area (Å²) in [5.41, 5.74) is 5.50. The first-order chi connectivity index (χ1) is 13.5. The molecule has 0 saturated carbocycles. The number of hydrogen-bond acceptors (Lipinski definition) is 5. The van der Waals surface area contributed by atoms with Crippen molar-refractivity contribution < 1.29 is 9.53 Å². The molecule has 1 amide bonds. The van der Waals surface area contributed by atoms with Crippen molar-refractivity contribution in [2.75, 3.05) is 20.3 Å². The second-order valence-electron chi connectivity index (χ2n) is 6.65. The van der Waals surface area contributed by atoms with Gasteiger partial charge in [-0.05, 0) is 43.5 Å². The van der Waals surface area contributed by atoms with Crippen LogP contribution in [0.2, 0.25) is 0 Å². The first-order valence-corrected chi connectivity index (χ1v) is 9.15. The van der Waals surface area contributed by atoms with E-state index in [4.69, 9.17) is 10.00 Å². The smallest absolute Gasteiger partial charge is 0.256 e. The van der Waals surface area contributed by atoms with Crippen LogP contribution in [0.4, 0.5) is 0 Å². The number of hydrogen-bond donors (Lipinski definition) is 1. The lowest BCUT2D eigenvalue weighted by Gasteiger charge is -2.12. The Morgan fingerprint density at radius 2 is 2.18 bits per heavy atom. The van der Waals surface area contributed by atoms with Gasteiger partial charge in [-0.3, -0.25) is 4.79 Å². The van der Waals surface area contributed by atoms with E-state index in [0.717, 1.165) is 28.9 Å². The van der Waals surface area contributed by atoms with E-state index < -0.39 is 0 Å². The molecule has 7 heteroatoms. The Kier molecular flexibility index (Phi) is 6.02. The fourth-order valence-electron chi connectivity index (χ4n) is 3.20. The standard InChI is InChI=1S/C21H23N5O2/c1-14-18(11-16-6-4-7-17(10-16)12-22)15(2)26-20(25-14)19(13-24-26)21(27)23-8-5-9-28-3/h4,6-7,10,13H,5,8-9,11H2,1-3H3,(H,23,27). The second kappa shape index (κ2) is 8.63. The summed E-state index contributed by atoms with van der Waals surface area (Å²) in [5.74, 6) is -0.188. The number of amides is 1. The monoisotopic (exact) mass is 377 g/mol. The number of methoxy groups -OCH3 is 1. The molecule has 0 unspecified atom stereocenters. The molecule has 0 aliphatic rings. The van der Waals surface area contributed by atoms with Gasteiger partial charge in [0.15, 0.2) is 5.65 Å². The average Bonchev–Trinajstić information content (AvgIpc) is 3.12. The fourth-order valence-corrected chi connectivity index (χ4v) is 3.20. The summed E-state index contributed by atoms with van der Waals surface area (Å²) >= 11 is 0. The van der Waals surface area contributed by atoms with E-state index in [9.17, 15) is 4.79 Å². The molecule has 0 saturated heterocycles. The molecule has 0 aliphatic carbocycles. The molecule has 0 spiro atoms. The Morgan fingerprint density at radius 3 is 2.93 bits per heavy atom. The van der Waals surface area contributed by atoms with Crippen molar-refractivity contribution in [1.82, 2.24) is 19.9 Å². The average molecular weight is 377 g/mol. The number of aryl methyl sites for hydroxylation is 2. The van der Waals surface area contributed by atoms with Gasteiger partial charge in [-0.15, -0.1) is 0 Å². The molecule has 1 aromatic carbocycles. The molecule has 28 heavy (non-hydrogen) atoms. The van der Waals surface area contributed by atoms with Crippen LogP contribution >= 0.6 is 0 Å². The number of carbonyl (C=O) groups excluding carboxylic acids is 1. The van der Waals surface area contributed by atoms with Gasteiger partial charge >= 0.3 is 0 Å². The lowest BCUT2D eigenvalue weighted by Crippen LogP contribution is -2.25. The summed E-state index contributed by atoms with van der Waals surface area (Å²) in [4.78, 5) is 17.1. The minimum Gasteiger partial charge on any atom is -0.385 e.